The van der Waals surface area contributed by atoms with Gasteiger partial charge in [-0.15, -0.1) is 0 Å². The molecule has 1 aliphatic rings. The highest BCUT2D eigenvalue weighted by Crippen LogP contribution is 2.27. The molecule has 2 unspecified atom stereocenters. The first-order valence-corrected chi connectivity index (χ1v) is 6.78. The van der Waals surface area contributed by atoms with Crippen molar-refractivity contribution in [2.75, 3.05) is 0 Å². The molecular weight excluding hydrogens is 253 g/mol. The van der Waals surface area contributed by atoms with Gasteiger partial charge in [-0.25, -0.2) is 0 Å². The van der Waals surface area contributed by atoms with Crippen LogP contribution in [-0.2, 0) is 0 Å². The molecule has 1 N–H and O–H groups in total. The number of benzene rings is 1. The van der Waals surface area contributed by atoms with E-state index >= 15 is 0 Å². The molecule has 0 saturated heterocycles. The van der Waals surface area contributed by atoms with Crippen LogP contribution in [0.3, 0.4) is 0 Å². The Balaban J connectivity index is 2.03. The van der Waals surface area contributed by atoms with Gasteiger partial charge in [0, 0.05) is 22.1 Å². The van der Waals surface area contributed by atoms with E-state index in [1.54, 1.807) is 6.07 Å². The Hall–Kier alpha value is -0.500. The molecule has 17 heavy (non-hydrogen) atoms. The molecule has 1 aromatic rings. The summed E-state index contributed by atoms with van der Waals surface area (Å²) in [6, 6.07) is 6.51. The Kier molecular flexibility index (Phi) is 4.49. The third-order valence-corrected chi connectivity index (χ3v) is 3.75. The van der Waals surface area contributed by atoms with E-state index in [1.165, 1.54) is 12.8 Å². The van der Waals surface area contributed by atoms with Crippen molar-refractivity contribution >= 4 is 23.2 Å². The standard InChI is InChI=1S/C14H17Cl2N/c1-10(17-12-5-3-2-4-6-12)13-8-7-11(15)9-14(13)16/h2-3,7-10,12,17H,4-6H2,1H3. The average Bonchev–Trinajstić information content (AvgIpc) is 2.30. The van der Waals surface area contributed by atoms with Crippen molar-refractivity contribution in [3.05, 3.63) is 46.0 Å². The van der Waals surface area contributed by atoms with E-state index in [9.17, 15) is 0 Å². The fraction of sp³-hybridized carbons (Fsp3) is 0.429. The number of halogens is 2. The maximum atomic E-state index is 6.20. The monoisotopic (exact) mass is 269 g/mol. The average molecular weight is 270 g/mol. The van der Waals surface area contributed by atoms with Gasteiger partial charge in [-0.2, -0.15) is 0 Å². The largest absolute Gasteiger partial charge is 0.307 e. The van der Waals surface area contributed by atoms with Crippen LogP contribution >= 0.6 is 23.2 Å². The van der Waals surface area contributed by atoms with E-state index in [2.05, 4.69) is 24.4 Å². The van der Waals surface area contributed by atoms with Crippen molar-refractivity contribution in [3.8, 4) is 0 Å². The number of rotatable bonds is 3. The van der Waals surface area contributed by atoms with E-state index in [1.807, 2.05) is 12.1 Å². The fourth-order valence-electron chi connectivity index (χ4n) is 2.24. The van der Waals surface area contributed by atoms with Gasteiger partial charge < -0.3 is 5.32 Å². The van der Waals surface area contributed by atoms with Gasteiger partial charge in [0.2, 0.25) is 0 Å². The normalized spacial score (nSPS) is 21.5. The zero-order chi connectivity index (χ0) is 12.3. The van der Waals surface area contributed by atoms with Crippen LogP contribution in [0.5, 0.6) is 0 Å². The van der Waals surface area contributed by atoms with Crippen LogP contribution in [-0.4, -0.2) is 6.04 Å². The van der Waals surface area contributed by atoms with E-state index in [0.29, 0.717) is 11.1 Å². The summed E-state index contributed by atoms with van der Waals surface area (Å²) in [5.41, 5.74) is 1.12. The molecule has 92 valence electrons. The predicted molar refractivity (Wildman–Crippen MR) is 74.8 cm³/mol. The van der Waals surface area contributed by atoms with Gasteiger partial charge in [0.1, 0.15) is 0 Å². The first kappa shape index (κ1) is 12.9. The molecule has 0 aromatic heterocycles. The lowest BCUT2D eigenvalue weighted by Crippen LogP contribution is -2.32. The highest BCUT2D eigenvalue weighted by atomic mass is 35.5. The maximum Gasteiger partial charge on any atom is 0.0468 e. The van der Waals surface area contributed by atoms with Crippen molar-refractivity contribution in [3.63, 3.8) is 0 Å². The Morgan fingerprint density at radius 1 is 1.29 bits per heavy atom. The molecule has 0 heterocycles. The van der Waals surface area contributed by atoms with E-state index < -0.39 is 0 Å². The fourth-order valence-corrected chi connectivity index (χ4v) is 2.81. The van der Waals surface area contributed by atoms with E-state index in [4.69, 9.17) is 23.2 Å². The summed E-state index contributed by atoms with van der Waals surface area (Å²) in [5, 5.41) is 5.04. The number of allylic oxidation sites excluding steroid dienone is 1. The molecule has 0 bridgehead atoms. The summed E-state index contributed by atoms with van der Waals surface area (Å²) in [5.74, 6) is 0. The number of nitrogens with one attached hydrogen (secondary N) is 1. The molecule has 0 amide bonds. The molecule has 1 nitrogen and oxygen atoms in total. The Labute approximate surface area is 113 Å². The van der Waals surface area contributed by atoms with Crippen LogP contribution in [0.2, 0.25) is 10.0 Å². The van der Waals surface area contributed by atoms with Gasteiger partial charge in [-0.1, -0.05) is 41.4 Å². The summed E-state index contributed by atoms with van der Waals surface area (Å²) in [7, 11) is 0. The number of hydrogen-bond acceptors (Lipinski definition) is 1. The SMILES string of the molecule is CC(NC1CC=CCC1)c1ccc(Cl)cc1Cl. The van der Waals surface area contributed by atoms with Crippen molar-refractivity contribution in [2.24, 2.45) is 0 Å². The van der Waals surface area contributed by atoms with Crippen molar-refractivity contribution in [1.82, 2.24) is 5.32 Å². The third kappa shape index (κ3) is 3.48. The van der Waals surface area contributed by atoms with Gasteiger partial charge in [0.25, 0.3) is 0 Å². The molecule has 0 spiro atoms. The van der Waals surface area contributed by atoms with Gasteiger partial charge in [-0.3, -0.25) is 0 Å². The molecule has 1 aromatic carbocycles. The topological polar surface area (TPSA) is 12.0 Å². The maximum absolute atomic E-state index is 6.20. The zero-order valence-electron chi connectivity index (χ0n) is 9.92. The third-order valence-electron chi connectivity index (χ3n) is 3.18. The Bertz CT molecular complexity index is 415. The Morgan fingerprint density at radius 3 is 2.76 bits per heavy atom. The lowest BCUT2D eigenvalue weighted by molar-refractivity contribution is 0.426. The minimum Gasteiger partial charge on any atom is -0.307 e. The molecular formula is C14H17Cl2N. The lowest BCUT2D eigenvalue weighted by atomic mass is 9.99. The van der Waals surface area contributed by atoms with Gasteiger partial charge in [-0.05, 0) is 43.9 Å². The number of hydrogen-bond donors (Lipinski definition) is 1. The first-order valence-electron chi connectivity index (χ1n) is 6.03. The van der Waals surface area contributed by atoms with Crippen LogP contribution in [0.4, 0.5) is 0 Å². The second kappa shape index (κ2) is 5.90. The minimum absolute atomic E-state index is 0.260. The summed E-state index contributed by atoms with van der Waals surface area (Å²) in [4.78, 5) is 0. The molecule has 0 saturated carbocycles. The summed E-state index contributed by atoms with van der Waals surface area (Å²) in [6.45, 7) is 2.15. The van der Waals surface area contributed by atoms with Crippen LogP contribution in [0.1, 0.15) is 37.8 Å². The van der Waals surface area contributed by atoms with E-state index in [0.717, 1.165) is 17.0 Å². The van der Waals surface area contributed by atoms with E-state index in [-0.39, 0.29) is 6.04 Å². The van der Waals surface area contributed by atoms with Crippen LogP contribution < -0.4 is 5.32 Å². The highest BCUT2D eigenvalue weighted by molar-refractivity contribution is 6.35. The molecule has 2 atom stereocenters. The van der Waals surface area contributed by atoms with Gasteiger partial charge in [0.05, 0.1) is 0 Å². The summed E-state index contributed by atoms with van der Waals surface area (Å²) in [6.07, 6.45) is 7.97. The zero-order valence-corrected chi connectivity index (χ0v) is 11.4. The molecule has 0 fully saturated rings. The highest BCUT2D eigenvalue weighted by Gasteiger charge is 2.15. The smallest absolute Gasteiger partial charge is 0.0468 e. The quantitative estimate of drug-likeness (QED) is 0.781. The van der Waals surface area contributed by atoms with Crippen molar-refractivity contribution in [1.29, 1.82) is 0 Å². The van der Waals surface area contributed by atoms with Crippen molar-refractivity contribution in [2.45, 2.75) is 38.3 Å². The summed E-state index contributed by atoms with van der Waals surface area (Å²) < 4.78 is 0. The molecule has 2 rings (SSSR count). The van der Waals surface area contributed by atoms with Crippen LogP contribution in [0.15, 0.2) is 30.4 Å². The van der Waals surface area contributed by atoms with Gasteiger partial charge >= 0.3 is 0 Å². The second-order valence-corrected chi connectivity index (χ2v) is 5.38. The Morgan fingerprint density at radius 2 is 2.12 bits per heavy atom. The molecule has 1 aliphatic carbocycles. The van der Waals surface area contributed by atoms with Crippen LogP contribution in [0, 0.1) is 0 Å². The molecule has 3 heteroatoms. The summed E-state index contributed by atoms with van der Waals surface area (Å²) >= 11 is 12.1. The first-order chi connectivity index (χ1) is 8.16. The predicted octanol–water partition coefficient (Wildman–Crippen LogP) is 4.75. The minimum atomic E-state index is 0.260. The second-order valence-electron chi connectivity index (χ2n) is 4.54. The van der Waals surface area contributed by atoms with Gasteiger partial charge in [0.15, 0.2) is 0 Å². The van der Waals surface area contributed by atoms with Crippen molar-refractivity contribution < 1.29 is 0 Å². The lowest BCUT2D eigenvalue weighted by Gasteiger charge is -2.25. The molecule has 0 radical (unpaired) electrons. The van der Waals surface area contributed by atoms with Crippen LogP contribution in [0.25, 0.3) is 0 Å². The molecule has 0 aliphatic heterocycles.